The lowest BCUT2D eigenvalue weighted by Gasteiger charge is -2.32. The third kappa shape index (κ3) is 29.5. The molecule has 2 aliphatic heterocycles. The van der Waals surface area contributed by atoms with Crippen molar-refractivity contribution in [2.24, 2.45) is 17.8 Å². The van der Waals surface area contributed by atoms with Gasteiger partial charge in [-0.15, -0.1) is 0 Å². The number of cyclic esters (lactones) is 2. The quantitative estimate of drug-likeness (QED) is 0.116. The first kappa shape index (κ1) is 52.5. The van der Waals surface area contributed by atoms with Crippen LogP contribution in [0.15, 0.2) is 0 Å². The zero-order chi connectivity index (χ0) is 41.7. The minimum Gasteiger partial charge on any atom is -0.466 e. The zero-order valence-corrected chi connectivity index (χ0v) is 38.6. The fraction of sp³-hybridized carbons (Fsp3) is 0.940. The summed E-state index contributed by atoms with van der Waals surface area (Å²) in [6.45, 7) is 11.6. The van der Waals surface area contributed by atoms with Crippen LogP contribution in [-0.2, 0) is 28.6 Å². The Morgan fingerprint density at radius 2 is 0.948 bits per heavy atom. The van der Waals surface area contributed by atoms with Crippen LogP contribution in [0.2, 0.25) is 0 Å². The molecule has 2 aliphatic rings. The molecule has 2 atom stereocenters. The SMILES string of the molecule is CCCCC1CCCCCCC(CCCC)CC(=O)OCCCCCCCCCCC(C(=O)OCCCN2CCN(C)CC2)CCCCCCCCCCOC(=O)C1. The number of hydrogen-bond acceptors (Lipinski definition) is 8. The van der Waals surface area contributed by atoms with Gasteiger partial charge in [-0.05, 0) is 76.7 Å². The number of carbonyl (C=O) groups excluding carboxylic acids is 3. The Hall–Kier alpha value is -1.67. The third-order valence-corrected chi connectivity index (χ3v) is 13.0. The van der Waals surface area contributed by atoms with Crippen molar-refractivity contribution in [1.82, 2.24) is 9.80 Å². The molecule has 2 saturated heterocycles. The standard InChI is InChI=1S/C50H94N2O6/c1-4-6-29-45-31-22-18-19-23-32-46(30-7-5-2)44-49(54)57-41-27-21-15-11-9-13-17-25-34-47(50(55)58-42-28-35-52-38-36-51(3)37-39-52)33-24-16-12-8-10-14-20-26-40-56-48(53)43-45/h45-47H,4-44H2,1-3H3. The molecule has 0 radical (unpaired) electrons. The average molecular weight is 819 g/mol. The molecule has 8 heteroatoms. The minimum atomic E-state index is -0.00711. The van der Waals surface area contributed by atoms with E-state index in [1.807, 2.05) is 0 Å². The smallest absolute Gasteiger partial charge is 0.308 e. The predicted octanol–water partition coefficient (Wildman–Crippen LogP) is 12.6. The number of nitrogens with zero attached hydrogens (tertiary/aromatic N) is 2. The highest BCUT2D eigenvalue weighted by molar-refractivity contribution is 5.72. The van der Waals surface area contributed by atoms with Crippen molar-refractivity contribution in [2.45, 2.75) is 226 Å². The number of ether oxygens (including phenoxy) is 3. The number of piperazine rings is 1. The molecular weight excluding hydrogens is 725 g/mol. The van der Waals surface area contributed by atoms with Gasteiger partial charge in [0, 0.05) is 45.6 Å². The van der Waals surface area contributed by atoms with Gasteiger partial charge in [0.1, 0.15) is 0 Å². The summed E-state index contributed by atoms with van der Waals surface area (Å²) in [5, 5.41) is 0. The summed E-state index contributed by atoms with van der Waals surface area (Å²) in [6, 6.07) is 0. The van der Waals surface area contributed by atoms with Gasteiger partial charge in [0.25, 0.3) is 0 Å². The van der Waals surface area contributed by atoms with Gasteiger partial charge < -0.3 is 24.0 Å². The second-order valence-corrected chi connectivity index (χ2v) is 18.5. The lowest BCUT2D eigenvalue weighted by molar-refractivity contribution is -0.149. The van der Waals surface area contributed by atoms with E-state index in [4.69, 9.17) is 14.2 Å². The van der Waals surface area contributed by atoms with Crippen molar-refractivity contribution in [3.63, 3.8) is 0 Å². The van der Waals surface area contributed by atoms with Gasteiger partial charge in [0.05, 0.1) is 25.7 Å². The molecule has 0 aromatic rings. The maximum absolute atomic E-state index is 13.2. The van der Waals surface area contributed by atoms with E-state index in [2.05, 4.69) is 30.7 Å². The van der Waals surface area contributed by atoms with Crippen molar-refractivity contribution >= 4 is 17.9 Å². The summed E-state index contributed by atoms with van der Waals surface area (Å²) in [5.74, 6) is 0.922. The summed E-state index contributed by atoms with van der Waals surface area (Å²) in [5.41, 5.74) is 0. The third-order valence-electron chi connectivity index (χ3n) is 13.0. The fourth-order valence-electron chi connectivity index (χ4n) is 9.00. The van der Waals surface area contributed by atoms with Crippen LogP contribution in [0.25, 0.3) is 0 Å². The molecule has 2 unspecified atom stereocenters. The van der Waals surface area contributed by atoms with E-state index < -0.39 is 0 Å². The first-order chi connectivity index (χ1) is 28.4. The highest BCUT2D eigenvalue weighted by Crippen LogP contribution is 2.25. The summed E-state index contributed by atoms with van der Waals surface area (Å²) in [6.07, 6.45) is 36.4. The molecular formula is C50H94N2O6. The predicted molar refractivity (Wildman–Crippen MR) is 241 cm³/mol. The van der Waals surface area contributed by atoms with Gasteiger partial charge >= 0.3 is 17.9 Å². The highest BCUT2D eigenvalue weighted by Gasteiger charge is 2.21. The van der Waals surface area contributed by atoms with Gasteiger partial charge in [-0.2, -0.15) is 0 Å². The largest absolute Gasteiger partial charge is 0.466 e. The van der Waals surface area contributed by atoms with Crippen LogP contribution in [0.5, 0.6) is 0 Å². The minimum absolute atomic E-state index is 0.00711. The van der Waals surface area contributed by atoms with Crippen LogP contribution in [0, 0.1) is 17.8 Å². The number of carbonyl (C=O) groups is 3. The van der Waals surface area contributed by atoms with E-state index in [9.17, 15) is 14.4 Å². The molecule has 0 spiro atoms. The molecule has 8 nitrogen and oxygen atoms in total. The Morgan fingerprint density at radius 1 is 0.552 bits per heavy atom. The van der Waals surface area contributed by atoms with Gasteiger partial charge in [-0.25, -0.2) is 0 Å². The van der Waals surface area contributed by atoms with Crippen molar-refractivity contribution in [2.75, 3.05) is 59.6 Å². The van der Waals surface area contributed by atoms with Crippen molar-refractivity contribution < 1.29 is 28.6 Å². The molecule has 2 rings (SSSR count). The van der Waals surface area contributed by atoms with Crippen LogP contribution in [0.4, 0.5) is 0 Å². The van der Waals surface area contributed by atoms with E-state index >= 15 is 0 Å². The van der Waals surface area contributed by atoms with E-state index in [-0.39, 0.29) is 23.8 Å². The Kier molecular flexibility index (Phi) is 33.6. The molecule has 0 aliphatic carbocycles. The summed E-state index contributed by atoms with van der Waals surface area (Å²) in [4.78, 5) is 43.6. The second-order valence-electron chi connectivity index (χ2n) is 18.5. The Morgan fingerprint density at radius 3 is 1.38 bits per heavy atom. The average Bonchev–Trinajstić information content (AvgIpc) is 3.21. The van der Waals surface area contributed by atoms with Crippen molar-refractivity contribution in [1.29, 1.82) is 0 Å². The second kappa shape index (κ2) is 37.1. The summed E-state index contributed by atoms with van der Waals surface area (Å²) >= 11 is 0. The molecule has 0 saturated carbocycles. The van der Waals surface area contributed by atoms with E-state index in [1.54, 1.807) is 0 Å². The lowest BCUT2D eigenvalue weighted by Crippen LogP contribution is -2.44. The van der Waals surface area contributed by atoms with Crippen LogP contribution < -0.4 is 0 Å². The molecule has 0 aromatic heterocycles. The first-order valence-electron chi connectivity index (χ1n) is 25.3. The van der Waals surface area contributed by atoms with Crippen LogP contribution in [0.1, 0.15) is 226 Å². The van der Waals surface area contributed by atoms with Gasteiger partial charge in [-0.3, -0.25) is 14.4 Å². The number of unbranched alkanes of at least 4 members (excludes halogenated alkanes) is 2. The summed E-state index contributed by atoms with van der Waals surface area (Å²) in [7, 11) is 2.18. The van der Waals surface area contributed by atoms with Crippen LogP contribution >= 0.6 is 0 Å². The molecule has 0 amide bonds. The molecule has 0 bridgehead atoms. The zero-order valence-electron chi connectivity index (χ0n) is 38.6. The number of likely N-dealkylation sites (N-methyl/N-ethyl adjacent to an activating group) is 1. The maximum atomic E-state index is 13.2. The Balaban J connectivity index is 1.81. The molecule has 2 heterocycles. The van der Waals surface area contributed by atoms with E-state index in [0.29, 0.717) is 44.5 Å². The van der Waals surface area contributed by atoms with Crippen LogP contribution in [0.3, 0.4) is 0 Å². The van der Waals surface area contributed by atoms with E-state index in [1.165, 1.54) is 116 Å². The first-order valence-corrected chi connectivity index (χ1v) is 25.3. The normalized spacial score (nSPS) is 25.1. The van der Waals surface area contributed by atoms with Crippen LogP contribution in [-0.4, -0.2) is 87.3 Å². The summed E-state index contributed by atoms with van der Waals surface area (Å²) < 4.78 is 17.3. The monoisotopic (exact) mass is 819 g/mol. The molecule has 0 N–H and O–H groups in total. The van der Waals surface area contributed by atoms with Crippen molar-refractivity contribution in [3.05, 3.63) is 0 Å². The lowest BCUT2D eigenvalue weighted by atomic mass is 9.90. The topological polar surface area (TPSA) is 85.4 Å². The maximum Gasteiger partial charge on any atom is 0.308 e. The molecule has 340 valence electrons. The number of rotatable bonds is 11. The molecule has 58 heavy (non-hydrogen) atoms. The van der Waals surface area contributed by atoms with E-state index in [0.717, 1.165) is 116 Å². The Bertz CT molecular complexity index is 929. The number of esters is 3. The molecule has 0 aromatic carbocycles. The highest BCUT2D eigenvalue weighted by atomic mass is 16.5. The number of hydrogen-bond donors (Lipinski definition) is 0. The van der Waals surface area contributed by atoms with Gasteiger partial charge in [0.15, 0.2) is 0 Å². The molecule has 2 fully saturated rings. The van der Waals surface area contributed by atoms with Crippen molar-refractivity contribution in [3.8, 4) is 0 Å². The Labute approximate surface area is 358 Å². The van der Waals surface area contributed by atoms with Gasteiger partial charge in [-0.1, -0.05) is 155 Å². The van der Waals surface area contributed by atoms with Gasteiger partial charge in [0.2, 0.25) is 0 Å². The fourth-order valence-corrected chi connectivity index (χ4v) is 9.00.